The number of likely N-dealkylation sites (N-methyl/N-ethyl adjacent to an activating group) is 1. The van der Waals surface area contributed by atoms with Crippen molar-refractivity contribution < 1.29 is 4.57 Å². The first-order valence-electron chi connectivity index (χ1n) is 11.2. The topological polar surface area (TPSA) is 48.7 Å². The van der Waals surface area contributed by atoms with Gasteiger partial charge in [0.15, 0.2) is 5.52 Å². The van der Waals surface area contributed by atoms with E-state index < -0.39 is 0 Å². The molecule has 3 heterocycles. The molecule has 0 unspecified atom stereocenters. The van der Waals surface area contributed by atoms with Crippen molar-refractivity contribution in [2.75, 3.05) is 11.9 Å². The summed E-state index contributed by atoms with van der Waals surface area (Å²) >= 11 is 0. The number of anilines is 1. The first-order valence-corrected chi connectivity index (χ1v) is 11.2. The number of nitrogens with zero attached hydrogens (tertiary/aromatic N) is 4. The van der Waals surface area contributed by atoms with Gasteiger partial charge >= 0.3 is 5.65 Å². The quantitative estimate of drug-likeness (QED) is 0.379. The summed E-state index contributed by atoms with van der Waals surface area (Å²) < 4.78 is 2.05. The van der Waals surface area contributed by atoms with E-state index in [0.717, 1.165) is 28.2 Å². The Hall–Kier alpha value is -3.99. The van der Waals surface area contributed by atoms with E-state index in [1.807, 2.05) is 31.3 Å². The van der Waals surface area contributed by atoms with Crippen molar-refractivity contribution in [3.05, 3.63) is 89.9 Å². The van der Waals surface area contributed by atoms with Gasteiger partial charge in [-0.2, -0.15) is 0 Å². The van der Waals surface area contributed by atoms with Crippen LogP contribution in [0.25, 0.3) is 39.2 Å². The Labute approximate surface area is 192 Å². The molecule has 6 rings (SSSR count). The minimum atomic E-state index is -0.0814. The average Bonchev–Trinajstić information content (AvgIpc) is 3.23. The van der Waals surface area contributed by atoms with Gasteiger partial charge < -0.3 is 4.90 Å². The zero-order chi connectivity index (χ0) is 22.7. The monoisotopic (exact) mass is 432 g/mol. The third-order valence-electron chi connectivity index (χ3n) is 6.90. The Balaban J connectivity index is 1.40. The molecule has 0 saturated carbocycles. The molecule has 0 saturated heterocycles. The number of para-hydroxylation sites is 2. The summed E-state index contributed by atoms with van der Waals surface area (Å²) in [5.74, 6) is 0.957. The van der Waals surface area contributed by atoms with Crippen molar-refractivity contribution >= 4 is 44.9 Å². The lowest BCUT2D eigenvalue weighted by atomic mass is 9.83. The van der Waals surface area contributed by atoms with Crippen molar-refractivity contribution in [3.8, 4) is 0 Å². The smallest absolute Gasteiger partial charge is 0.322 e. The molecule has 0 radical (unpaired) electrons. The molecule has 0 aliphatic carbocycles. The number of allylic oxidation sites excluding steroid dienone is 3. The summed E-state index contributed by atoms with van der Waals surface area (Å²) in [4.78, 5) is 15.3. The Morgan fingerprint density at radius 1 is 0.939 bits per heavy atom. The molecule has 0 atom stereocenters. The molecule has 33 heavy (non-hydrogen) atoms. The molecule has 162 valence electrons. The zero-order valence-electron chi connectivity index (χ0n) is 19.3. The predicted molar refractivity (Wildman–Crippen MR) is 135 cm³/mol. The van der Waals surface area contributed by atoms with Gasteiger partial charge in [-0.3, -0.25) is 4.98 Å². The molecular weight excluding hydrogens is 406 g/mol. The number of imidazole rings is 1. The largest absolute Gasteiger partial charge is 0.347 e. The van der Waals surface area contributed by atoms with E-state index >= 15 is 0 Å². The lowest BCUT2D eigenvalue weighted by Crippen LogP contribution is -2.30. The molecule has 0 amide bonds. The van der Waals surface area contributed by atoms with Crippen LogP contribution in [0.15, 0.2) is 78.5 Å². The number of aromatic nitrogens is 4. The number of nitrogens with one attached hydrogen (secondary N) is 1. The van der Waals surface area contributed by atoms with E-state index in [4.69, 9.17) is 9.97 Å². The average molecular weight is 433 g/mol. The molecule has 0 spiro atoms. The van der Waals surface area contributed by atoms with Crippen LogP contribution in [0.4, 0.5) is 5.69 Å². The molecule has 3 aromatic carbocycles. The van der Waals surface area contributed by atoms with Gasteiger partial charge in [0.2, 0.25) is 5.82 Å². The second-order valence-corrected chi connectivity index (χ2v) is 9.23. The first-order chi connectivity index (χ1) is 15.9. The molecule has 5 aromatic rings. The van der Waals surface area contributed by atoms with Gasteiger partial charge in [0.1, 0.15) is 5.52 Å². The van der Waals surface area contributed by atoms with Gasteiger partial charge in [-0.05, 0) is 29.2 Å². The number of fused-ring (bicyclic) bond motifs is 5. The fraction of sp³-hybridized carbons (Fsp3) is 0.179. The van der Waals surface area contributed by atoms with Crippen molar-refractivity contribution in [1.82, 2.24) is 15.0 Å². The highest BCUT2D eigenvalue weighted by molar-refractivity contribution is 5.99. The van der Waals surface area contributed by atoms with Crippen LogP contribution in [-0.2, 0) is 12.5 Å². The van der Waals surface area contributed by atoms with Gasteiger partial charge in [0.25, 0.3) is 5.65 Å². The van der Waals surface area contributed by atoms with Gasteiger partial charge in [0.05, 0.1) is 12.7 Å². The maximum absolute atomic E-state index is 4.79. The van der Waals surface area contributed by atoms with E-state index in [0.29, 0.717) is 0 Å². The van der Waals surface area contributed by atoms with Crippen LogP contribution < -0.4 is 9.47 Å². The summed E-state index contributed by atoms with van der Waals surface area (Å²) in [6.07, 6.45) is 6.43. The van der Waals surface area contributed by atoms with Gasteiger partial charge in [-0.1, -0.05) is 73.4 Å². The molecule has 1 aliphatic heterocycles. The van der Waals surface area contributed by atoms with Gasteiger partial charge in [0, 0.05) is 29.6 Å². The molecule has 1 aliphatic rings. The van der Waals surface area contributed by atoms with Crippen LogP contribution in [0.5, 0.6) is 0 Å². The molecule has 5 heteroatoms. The lowest BCUT2D eigenvalue weighted by molar-refractivity contribution is -0.648. The van der Waals surface area contributed by atoms with Crippen LogP contribution >= 0.6 is 0 Å². The third kappa shape index (κ3) is 2.89. The summed E-state index contributed by atoms with van der Waals surface area (Å²) in [7, 11) is 4.19. The Morgan fingerprint density at radius 3 is 2.48 bits per heavy atom. The summed E-state index contributed by atoms with van der Waals surface area (Å²) in [5.41, 5.74) is 7.28. The van der Waals surface area contributed by atoms with Crippen LogP contribution in [-0.4, -0.2) is 22.0 Å². The SMILES string of the molecule is CN1C(=CC=Cc2[nH]c3nc4ccccc4nc3[n+]2C)C(C)(C)c2ccc3ccccc3c21. The predicted octanol–water partition coefficient (Wildman–Crippen LogP) is 5.41. The minimum absolute atomic E-state index is 0.0814. The van der Waals surface area contributed by atoms with Gasteiger partial charge in [-0.25, -0.2) is 9.55 Å². The Morgan fingerprint density at radius 2 is 1.67 bits per heavy atom. The standard InChI is InChI=1S/C28H25N5/c1-28(2)20-17-16-18-10-5-6-11-19(18)25(20)32(3)23(28)14-9-15-24-31-26-27(33(24)4)30-22-13-8-7-12-21(22)29-26/h5-17H,1-4H3/p+1. The highest BCUT2D eigenvalue weighted by atomic mass is 15.2. The number of rotatable bonds is 2. The van der Waals surface area contributed by atoms with E-state index in [9.17, 15) is 0 Å². The van der Waals surface area contributed by atoms with Crippen LogP contribution in [0, 0.1) is 0 Å². The molecule has 0 fully saturated rings. The first kappa shape index (κ1) is 19.7. The third-order valence-corrected chi connectivity index (χ3v) is 6.90. The highest BCUT2D eigenvalue weighted by Crippen LogP contribution is 2.49. The van der Waals surface area contributed by atoms with Crippen molar-refractivity contribution in [3.63, 3.8) is 0 Å². The lowest BCUT2D eigenvalue weighted by Gasteiger charge is -2.23. The van der Waals surface area contributed by atoms with Crippen molar-refractivity contribution in [2.45, 2.75) is 19.3 Å². The Kier molecular flexibility index (Phi) is 4.18. The normalized spacial score (nSPS) is 16.6. The maximum atomic E-state index is 4.79. The Bertz CT molecular complexity index is 1620. The van der Waals surface area contributed by atoms with Crippen molar-refractivity contribution in [2.24, 2.45) is 7.05 Å². The van der Waals surface area contributed by atoms with E-state index in [-0.39, 0.29) is 5.41 Å². The number of aryl methyl sites for hydroxylation is 1. The summed E-state index contributed by atoms with van der Waals surface area (Å²) in [6, 6.07) is 21.1. The second kappa shape index (κ2) is 7.01. The van der Waals surface area contributed by atoms with E-state index in [2.05, 4.69) is 90.0 Å². The second-order valence-electron chi connectivity index (χ2n) is 9.23. The number of hydrogen-bond donors (Lipinski definition) is 1. The molecule has 0 bridgehead atoms. The fourth-order valence-electron chi connectivity index (χ4n) is 5.13. The van der Waals surface area contributed by atoms with Crippen LogP contribution in [0.2, 0.25) is 0 Å². The van der Waals surface area contributed by atoms with Crippen LogP contribution in [0.1, 0.15) is 25.2 Å². The number of benzene rings is 3. The van der Waals surface area contributed by atoms with E-state index in [1.54, 1.807) is 0 Å². The molecule has 2 aromatic heterocycles. The summed E-state index contributed by atoms with van der Waals surface area (Å²) in [5, 5.41) is 2.57. The van der Waals surface area contributed by atoms with Gasteiger partial charge in [-0.15, -0.1) is 0 Å². The molecular formula is C28H26N5+. The fourth-order valence-corrected chi connectivity index (χ4v) is 5.13. The minimum Gasteiger partial charge on any atom is -0.347 e. The number of aromatic amines is 1. The molecule has 5 nitrogen and oxygen atoms in total. The molecule has 1 N–H and O–H groups in total. The summed E-state index contributed by atoms with van der Waals surface area (Å²) in [6.45, 7) is 4.60. The maximum Gasteiger partial charge on any atom is 0.322 e. The zero-order valence-corrected chi connectivity index (χ0v) is 19.3. The van der Waals surface area contributed by atoms with E-state index in [1.165, 1.54) is 27.7 Å². The number of H-pyrrole nitrogens is 1. The highest BCUT2D eigenvalue weighted by Gasteiger charge is 2.39. The number of hydrogen-bond acceptors (Lipinski definition) is 3. The van der Waals surface area contributed by atoms with Crippen LogP contribution in [0.3, 0.4) is 0 Å². The van der Waals surface area contributed by atoms with Crippen molar-refractivity contribution in [1.29, 1.82) is 0 Å².